The summed E-state index contributed by atoms with van der Waals surface area (Å²) in [4.78, 5) is 0. The zero-order valence-electron chi connectivity index (χ0n) is 28.5. The van der Waals surface area contributed by atoms with Crippen LogP contribution in [0.25, 0.3) is 27.5 Å². The number of ether oxygens (including phenoxy) is 1. The number of aryl methyl sites for hydroxylation is 2. The number of hydrogen-bond acceptors (Lipinski definition) is 1. The van der Waals surface area contributed by atoms with Crippen molar-refractivity contribution in [3.05, 3.63) is 119 Å². The summed E-state index contributed by atoms with van der Waals surface area (Å²) < 4.78 is 78.7. The van der Waals surface area contributed by atoms with E-state index in [4.69, 9.17) is 15.7 Å². The van der Waals surface area contributed by atoms with Gasteiger partial charge >= 0.3 is 0 Å². The van der Waals surface area contributed by atoms with Crippen LogP contribution < -0.4 is 4.74 Å². The molecule has 3 heteroatoms. The zero-order valence-corrected chi connectivity index (χ0v) is 20.5. The third-order valence-electron chi connectivity index (χ3n) is 7.48. The molecule has 2 aliphatic heterocycles. The fourth-order valence-corrected chi connectivity index (χ4v) is 5.68. The molecule has 2 unspecified atom stereocenters. The van der Waals surface area contributed by atoms with Crippen LogP contribution in [-0.2, 0) is 0 Å². The summed E-state index contributed by atoms with van der Waals surface area (Å²) in [5.41, 5.74) is 7.30. The molecule has 0 amide bonds. The molecule has 0 N–H and O–H groups in total. The second-order valence-corrected chi connectivity index (χ2v) is 9.66. The van der Waals surface area contributed by atoms with Crippen molar-refractivity contribution in [2.45, 2.75) is 32.8 Å². The Morgan fingerprint density at radius 2 is 1.58 bits per heavy atom. The molecule has 0 radical (unpaired) electrons. The summed E-state index contributed by atoms with van der Waals surface area (Å²) in [6, 6.07) is 6.74. The summed E-state index contributed by atoms with van der Waals surface area (Å²) in [6.07, 6.45) is 3.82. The van der Waals surface area contributed by atoms with E-state index in [2.05, 4.69) is 43.6 Å². The van der Waals surface area contributed by atoms with E-state index < -0.39 is 24.2 Å². The third-order valence-corrected chi connectivity index (χ3v) is 7.48. The lowest BCUT2D eigenvalue weighted by Gasteiger charge is -2.22. The number of fused-ring (bicyclic) bond motifs is 6. The highest BCUT2D eigenvalue weighted by Crippen LogP contribution is 2.44. The summed E-state index contributed by atoms with van der Waals surface area (Å²) in [5, 5.41) is 0.125. The number of hydrogen-bond donors (Lipinski definition) is 0. The van der Waals surface area contributed by atoms with Gasteiger partial charge in [0, 0.05) is 27.6 Å². The van der Waals surface area contributed by atoms with Crippen molar-refractivity contribution >= 4 is 27.5 Å². The molecule has 3 heterocycles. The monoisotopic (exact) mass is 477 g/mol. The number of para-hydroxylation sites is 2. The van der Waals surface area contributed by atoms with Crippen LogP contribution in [0, 0.1) is 20.8 Å². The van der Waals surface area contributed by atoms with E-state index in [1.165, 1.54) is 11.1 Å². The number of aromatic nitrogens is 1. The smallest absolute Gasteiger partial charge is 0.230 e. The zero-order chi connectivity index (χ0) is 31.5. The van der Waals surface area contributed by atoms with Crippen molar-refractivity contribution in [2.24, 2.45) is 0 Å². The second kappa shape index (κ2) is 7.69. The second-order valence-electron chi connectivity index (χ2n) is 9.66. The average molecular weight is 478 g/mol. The minimum atomic E-state index is -0.458. The standard InChI is InChI=1S/C33H29N2O/c1-20-17-21(2)22(3)27(18-20)32-33-26(15-16-34(32)4)28-19-23(13-14-31(28)36-33)35-29-11-7-5-9-24(29)25-10-6-8-12-30(25)35/h5-19,26,33H,1-4H3/q+1/i5D,6D,7D,8D,9D,10D,11D,12D. The van der Waals surface area contributed by atoms with Crippen LogP contribution in [0.4, 0.5) is 0 Å². The van der Waals surface area contributed by atoms with Gasteiger partial charge in [0.2, 0.25) is 5.71 Å². The highest BCUT2D eigenvalue weighted by Gasteiger charge is 2.44. The molecule has 5 aromatic rings. The van der Waals surface area contributed by atoms with Gasteiger partial charge < -0.3 is 9.30 Å². The van der Waals surface area contributed by atoms with Crippen LogP contribution in [0.1, 0.15) is 44.7 Å². The van der Waals surface area contributed by atoms with Gasteiger partial charge in [-0.2, -0.15) is 0 Å². The van der Waals surface area contributed by atoms with Crippen LogP contribution >= 0.6 is 0 Å². The predicted molar refractivity (Wildman–Crippen MR) is 148 cm³/mol. The van der Waals surface area contributed by atoms with Crippen LogP contribution in [0.2, 0.25) is 0 Å². The van der Waals surface area contributed by atoms with Gasteiger partial charge in [0.15, 0.2) is 12.3 Å². The van der Waals surface area contributed by atoms with Crippen LogP contribution in [0.5, 0.6) is 5.75 Å². The molecule has 0 fully saturated rings. The van der Waals surface area contributed by atoms with Gasteiger partial charge in [-0.05, 0) is 74.3 Å². The molecular weight excluding hydrogens is 440 g/mol. The Hall–Kier alpha value is -4.11. The maximum absolute atomic E-state index is 8.82. The lowest BCUT2D eigenvalue weighted by atomic mass is 9.85. The minimum Gasteiger partial charge on any atom is -0.478 e. The van der Waals surface area contributed by atoms with Crippen LogP contribution in [0.3, 0.4) is 0 Å². The molecule has 0 saturated carbocycles. The largest absolute Gasteiger partial charge is 0.478 e. The first-order chi connectivity index (χ1) is 20.8. The molecule has 4 aromatic carbocycles. The van der Waals surface area contributed by atoms with E-state index in [-0.39, 0.29) is 58.0 Å². The van der Waals surface area contributed by atoms with E-state index >= 15 is 0 Å². The first-order valence-corrected chi connectivity index (χ1v) is 12.0. The maximum Gasteiger partial charge on any atom is 0.230 e. The number of nitrogens with zero attached hydrogens (tertiary/aromatic N) is 2. The molecule has 2 atom stereocenters. The fourth-order valence-electron chi connectivity index (χ4n) is 5.68. The molecular formula is C33H29N2O+. The van der Waals surface area contributed by atoms with Crippen LogP contribution in [0.15, 0.2) is 90.9 Å². The Bertz CT molecular complexity index is 2120. The molecule has 36 heavy (non-hydrogen) atoms. The van der Waals surface area contributed by atoms with Crippen molar-refractivity contribution in [1.82, 2.24) is 4.57 Å². The van der Waals surface area contributed by atoms with Crippen LogP contribution in [-0.4, -0.2) is 28.0 Å². The van der Waals surface area contributed by atoms with E-state index in [9.17, 15) is 0 Å². The van der Waals surface area contributed by atoms with E-state index in [0.29, 0.717) is 11.4 Å². The lowest BCUT2D eigenvalue weighted by molar-refractivity contribution is -0.427. The SMILES string of the molecule is [2H]c1c([2H])c([2H])c2c(c1[2H])c1c([2H])c([2H])c([2H])c([2H])c1n2-c1ccc2c(c1)C1C=C[N+](C)=C(c3cc(C)cc(C)c3C)C1O2. The average Bonchev–Trinajstić information content (AvgIpc) is 3.55. The molecule has 0 aliphatic carbocycles. The molecule has 2 aliphatic rings. The quantitative estimate of drug-likeness (QED) is 0.246. The molecule has 7 rings (SSSR count). The fraction of sp³-hybridized carbons (Fsp3) is 0.182. The van der Waals surface area contributed by atoms with Crippen molar-refractivity contribution < 1.29 is 20.3 Å². The summed E-state index contributed by atoms with van der Waals surface area (Å²) in [7, 11) is 2.01. The summed E-state index contributed by atoms with van der Waals surface area (Å²) in [6.45, 7) is 6.30. The Kier molecular flexibility index (Phi) is 3.09. The normalized spacial score (nSPS) is 21.7. The van der Waals surface area contributed by atoms with Gasteiger partial charge in [-0.25, -0.2) is 4.58 Å². The molecule has 0 saturated heterocycles. The maximum atomic E-state index is 8.82. The molecule has 176 valence electrons. The predicted octanol–water partition coefficient (Wildman–Crippen LogP) is 7.21. The Balaban J connectivity index is 1.49. The van der Waals surface area contributed by atoms with Gasteiger partial charge in [0.1, 0.15) is 12.8 Å². The minimum absolute atomic E-state index is 0.0627. The highest BCUT2D eigenvalue weighted by molar-refractivity contribution is 6.09. The molecule has 3 nitrogen and oxygen atoms in total. The van der Waals surface area contributed by atoms with Gasteiger partial charge in [-0.3, -0.25) is 0 Å². The van der Waals surface area contributed by atoms with Gasteiger partial charge in [-0.15, -0.1) is 0 Å². The number of benzene rings is 4. The Morgan fingerprint density at radius 3 is 2.31 bits per heavy atom. The van der Waals surface area contributed by atoms with Crippen molar-refractivity contribution in [3.8, 4) is 11.4 Å². The Morgan fingerprint density at radius 1 is 0.889 bits per heavy atom. The molecule has 0 bridgehead atoms. The highest BCUT2D eigenvalue weighted by atomic mass is 16.5. The number of rotatable bonds is 2. The lowest BCUT2D eigenvalue weighted by Crippen LogP contribution is -2.37. The van der Waals surface area contributed by atoms with Crippen molar-refractivity contribution in [1.29, 1.82) is 0 Å². The van der Waals surface area contributed by atoms with E-state index in [0.717, 1.165) is 22.4 Å². The summed E-state index contributed by atoms with van der Waals surface area (Å²) >= 11 is 0. The van der Waals surface area contributed by atoms with E-state index in [1.54, 1.807) is 10.6 Å². The summed E-state index contributed by atoms with van der Waals surface area (Å²) in [5.74, 6) is 0.542. The first-order valence-electron chi connectivity index (χ1n) is 16.0. The van der Waals surface area contributed by atoms with Crippen molar-refractivity contribution in [2.75, 3.05) is 7.05 Å². The third kappa shape index (κ3) is 2.95. The molecule has 1 aromatic heterocycles. The van der Waals surface area contributed by atoms with Gasteiger partial charge in [0.05, 0.1) is 27.9 Å². The molecule has 0 spiro atoms. The van der Waals surface area contributed by atoms with Gasteiger partial charge in [-0.1, -0.05) is 47.9 Å². The van der Waals surface area contributed by atoms with E-state index in [1.807, 2.05) is 25.4 Å². The first kappa shape index (κ1) is 14.4. The topological polar surface area (TPSA) is 17.2 Å². The van der Waals surface area contributed by atoms with Gasteiger partial charge in [0.25, 0.3) is 0 Å². The Labute approximate surface area is 222 Å². The van der Waals surface area contributed by atoms with Crippen molar-refractivity contribution in [3.63, 3.8) is 0 Å².